The molecule has 9 nitrogen and oxygen atoms in total. The fourth-order valence-electron chi connectivity index (χ4n) is 4.92. The molecule has 5 unspecified atom stereocenters. The monoisotopic (exact) mass is 593 g/mol. The molecule has 0 radical (unpaired) electrons. The molecule has 0 spiro atoms. The minimum Gasteiger partial charge on any atom is -0.458 e. The Bertz CT molecular complexity index is 1300. The SMILES string of the molecule is Cc1ccccc1C(C(=O)NC(Cc1ccccc1)C(=O)OC(C)(C)C)N(C(=O)C(C)NC(=O)OC(C)(C)C)C1CC1C. The van der Waals surface area contributed by atoms with Crippen molar-refractivity contribution in [1.82, 2.24) is 15.5 Å². The first-order valence-corrected chi connectivity index (χ1v) is 14.9. The molecule has 0 heterocycles. The first-order valence-electron chi connectivity index (χ1n) is 14.9. The fourth-order valence-corrected chi connectivity index (χ4v) is 4.92. The molecule has 9 heteroatoms. The van der Waals surface area contributed by atoms with Crippen LogP contribution >= 0.6 is 0 Å². The number of carbonyl (C=O) groups is 4. The number of carbonyl (C=O) groups excluding carboxylic acids is 4. The number of alkyl carbamates (subject to hydrolysis) is 1. The van der Waals surface area contributed by atoms with Gasteiger partial charge in [-0.25, -0.2) is 9.59 Å². The summed E-state index contributed by atoms with van der Waals surface area (Å²) in [5, 5.41) is 5.57. The minimum atomic E-state index is -1.05. The molecule has 43 heavy (non-hydrogen) atoms. The lowest BCUT2D eigenvalue weighted by atomic mass is 9.97. The lowest BCUT2D eigenvalue weighted by Gasteiger charge is -2.35. The van der Waals surface area contributed by atoms with Gasteiger partial charge in [0.05, 0.1) is 0 Å². The van der Waals surface area contributed by atoms with Crippen LogP contribution in [0.5, 0.6) is 0 Å². The Balaban J connectivity index is 2.00. The van der Waals surface area contributed by atoms with Gasteiger partial charge >= 0.3 is 12.1 Å². The fraction of sp³-hybridized carbons (Fsp3) is 0.529. The highest BCUT2D eigenvalue weighted by molar-refractivity contribution is 5.94. The Hall–Kier alpha value is -3.88. The maximum Gasteiger partial charge on any atom is 0.408 e. The zero-order valence-corrected chi connectivity index (χ0v) is 26.9. The van der Waals surface area contributed by atoms with Crippen LogP contribution in [-0.2, 0) is 30.3 Å². The molecule has 1 aliphatic carbocycles. The Kier molecular flexibility index (Phi) is 10.6. The summed E-state index contributed by atoms with van der Waals surface area (Å²) in [6.45, 7) is 16.0. The van der Waals surface area contributed by atoms with Gasteiger partial charge in [0.2, 0.25) is 11.8 Å². The van der Waals surface area contributed by atoms with Gasteiger partial charge in [-0.1, -0.05) is 61.5 Å². The van der Waals surface area contributed by atoms with Crippen LogP contribution in [0.2, 0.25) is 0 Å². The van der Waals surface area contributed by atoms with Gasteiger partial charge < -0.3 is 25.0 Å². The molecule has 1 aliphatic rings. The number of hydrogen-bond acceptors (Lipinski definition) is 6. The number of nitrogens with one attached hydrogen (secondary N) is 2. The van der Waals surface area contributed by atoms with Gasteiger partial charge in [-0.3, -0.25) is 9.59 Å². The molecular formula is C34H47N3O6. The molecule has 0 aromatic heterocycles. The molecule has 3 amide bonds. The minimum absolute atomic E-state index is 0.156. The molecule has 0 saturated heterocycles. The van der Waals surface area contributed by atoms with Gasteiger partial charge in [0.1, 0.15) is 29.3 Å². The predicted molar refractivity (Wildman–Crippen MR) is 165 cm³/mol. The Morgan fingerprint density at radius 2 is 1.44 bits per heavy atom. The second-order valence-electron chi connectivity index (χ2n) is 13.4. The zero-order chi connectivity index (χ0) is 32.1. The van der Waals surface area contributed by atoms with E-state index in [2.05, 4.69) is 10.6 Å². The van der Waals surface area contributed by atoms with Crippen molar-refractivity contribution in [2.45, 2.75) is 111 Å². The summed E-state index contributed by atoms with van der Waals surface area (Å²) >= 11 is 0. The molecule has 234 valence electrons. The van der Waals surface area contributed by atoms with Gasteiger partial charge in [0.25, 0.3) is 0 Å². The first kappa shape index (κ1) is 33.6. The normalized spacial score (nSPS) is 18.4. The highest BCUT2D eigenvalue weighted by atomic mass is 16.6. The van der Waals surface area contributed by atoms with Gasteiger partial charge in [0, 0.05) is 12.5 Å². The van der Waals surface area contributed by atoms with Crippen LogP contribution in [0.3, 0.4) is 0 Å². The van der Waals surface area contributed by atoms with Crippen molar-refractivity contribution in [2.24, 2.45) is 5.92 Å². The number of nitrogens with zero attached hydrogens (tertiary/aromatic N) is 1. The van der Waals surface area contributed by atoms with E-state index in [9.17, 15) is 19.2 Å². The second-order valence-corrected chi connectivity index (χ2v) is 13.4. The number of rotatable bonds is 10. The number of benzene rings is 2. The molecule has 2 aromatic carbocycles. The van der Waals surface area contributed by atoms with E-state index in [0.29, 0.717) is 12.0 Å². The second kappa shape index (κ2) is 13.6. The van der Waals surface area contributed by atoms with Gasteiger partial charge in [-0.05, 0) is 84.4 Å². The highest BCUT2D eigenvalue weighted by Crippen LogP contribution is 2.41. The molecule has 1 fully saturated rings. The van der Waals surface area contributed by atoms with E-state index in [-0.39, 0.29) is 18.4 Å². The van der Waals surface area contributed by atoms with Gasteiger partial charge in [-0.2, -0.15) is 0 Å². The third kappa shape index (κ3) is 9.83. The standard InChI is InChI=1S/C34H47N3O6/c1-21-15-13-14-18-25(21)28(37(27-19-22(27)2)30(39)23(3)35-32(41)43-34(7,8)9)29(38)36-26(31(40)42-33(4,5)6)20-24-16-11-10-12-17-24/h10-18,22-23,26-28H,19-20H2,1-9H3,(H,35,41)(H,36,38). The number of aryl methyl sites for hydroxylation is 1. The number of hydrogen-bond donors (Lipinski definition) is 2. The summed E-state index contributed by atoms with van der Waals surface area (Å²) < 4.78 is 11.1. The Morgan fingerprint density at radius 3 is 1.98 bits per heavy atom. The maximum absolute atomic E-state index is 14.4. The summed E-state index contributed by atoms with van der Waals surface area (Å²) in [7, 11) is 0. The third-order valence-electron chi connectivity index (χ3n) is 7.08. The van der Waals surface area contributed by atoms with Crippen molar-refractivity contribution < 1.29 is 28.7 Å². The maximum atomic E-state index is 14.4. The topological polar surface area (TPSA) is 114 Å². The molecule has 0 aliphatic heterocycles. The molecule has 5 atom stereocenters. The van der Waals surface area contributed by atoms with Crippen molar-refractivity contribution >= 4 is 23.9 Å². The summed E-state index contributed by atoms with van der Waals surface area (Å²) in [4.78, 5) is 56.0. The Labute approximate surface area is 255 Å². The van der Waals surface area contributed by atoms with Crippen LogP contribution in [-0.4, -0.2) is 58.1 Å². The molecule has 2 aromatic rings. The quantitative estimate of drug-likeness (QED) is 0.364. The molecular weight excluding hydrogens is 546 g/mol. The third-order valence-corrected chi connectivity index (χ3v) is 7.08. The summed E-state index contributed by atoms with van der Waals surface area (Å²) in [6, 6.07) is 13.5. The van der Waals surface area contributed by atoms with E-state index in [4.69, 9.17) is 9.47 Å². The van der Waals surface area contributed by atoms with Crippen LogP contribution in [0.25, 0.3) is 0 Å². The average Bonchev–Trinajstić information content (AvgIpc) is 3.61. The van der Waals surface area contributed by atoms with Gasteiger partial charge in [0.15, 0.2) is 0 Å². The van der Waals surface area contributed by atoms with Gasteiger partial charge in [-0.15, -0.1) is 0 Å². The molecule has 1 saturated carbocycles. The van der Waals surface area contributed by atoms with E-state index >= 15 is 0 Å². The first-order chi connectivity index (χ1) is 20.0. The van der Waals surface area contributed by atoms with Crippen molar-refractivity contribution in [3.05, 3.63) is 71.3 Å². The highest BCUT2D eigenvalue weighted by Gasteiger charge is 2.48. The largest absolute Gasteiger partial charge is 0.458 e. The van der Waals surface area contributed by atoms with E-state index < -0.39 is 53.2 Å². The molecule has 0 bridgehead atoms. The number of amides is 3. The molecule has 2 N–H and O–H groups in total. The number of ether oxygens (including phenoxy) is 2. The molecule has 3 rings (SSSR count). The van der Waals surface area contributed by atoms with E-state index in [1.54, 1.807) is 53.4 Å². The lowest BCUT2D eigenvalue weighted by molar-refractivity contribution is -0.159. The van der Waals surface area contributed by atoms with E-state index in [1.807, 2.05) is 68.4 Å². The number of esters is 1. The van der Waals surface area contributed by atoms with Crippen LogP contribution in [0, 0.1) is 12.8 Å². The predicted octanol–water partition coefficient (Wildman–Crippen LogP) is 5.26. The van der Waals surface area contributed by atoms with Crippen molar-refractivity contribution in [3.8, 4) is 0 Å². The van der Waals surface area contributed by atoms with Crippen LogP contribution in [0.1, 0.15) is 84.5 Å². The summed E-state index contributed by atoms with van der Waals surface area (Å²) in [6.07, 6.45) is 0.203. The summed E-state index contributed by atoms with van der Waals surface area (Å²) in [5.41, 5.74) is 0.805. The van der Waals surface area contributed by atoms with Crippen molar-refractivity contribution in [1.29, 1.82) is 0 Å². The van der Waals surface area contributed by atoms with E-state index in [0.717, 1.165) is 11.1 Å². The van der Waals surface area contributed by atoms with Crippen LogP contribution in [0.4, 0.5) is 4.79 Å². The average molecular weight is 594 g/mol. The van der Waals surface area contributed by atoms with E-state index in [1.165, 1.54) is 0 Å². The van der Waals surface area contributed by atoms with Crippen LogP contribution < -0.4 is 10.6 Å². The Morgan fingerprint density at radius 1 is 0.884 bits per heavy atom. The zero-order valence-electron chi connectivity index (χ0n) is 26.9. The smallest absolute Gasteiger partial charge is 0.408 e. The summed E-state index contributed by atoms with van der Waals surface area (Å²) in [5.74, 6) is -1.33. The van der Waals surface area contributed by atoms with Crippen LogP contribution in [0.15, 0.2) is 54.6 Å². The lowest BCUT2D eigenvalue weighted by Crippen LogP contribution is -2.55. The van der Waals surface area contributed by atoms with Crippen molar-refractivity contribution in [2.75, 3.05) is 0 Å². The van der Waals surface area contributed by atoms with Crippen molar-refractivity contribution in [3.63, 3.8) is 0 Å².